The minimum atomic E-state index is -0.533. The average molecular weight is 415 g/mol. The summed E-state index contributed by atoms with van der Waals surface area (Å²) in [6, 6.07) is 16.6. The van der Waals surface area contributed by atoms with E-state index in [-0.39, 0.29) is 5.91 Å². The molecule has 0 spiro atoms. The van der Waals surface area contributed by atoms with Gasteiger partial charge in [-0.15, -0.1) is 10.2 Å². The molecule has 1 heterocycles. The molecule has 2 N–H and O–H groups in total. The fourth-order valence-corrected chi connectivity index (χ4v) is 3.90. The Balaban J connectivity index is 1.53. The normalized spacial score (nSPS) is 10.3. The van der Waals surface area contributed by atoms with Gasteiger partial charge in [0.05, 0.1) is 6.61 Å². The SMILES string of the molecule is CCOC(=O)Nc1ccc(C(=O)Nc2nnc(SCc3ccccc3)s2)cc1. The summed E-state index contributed by atoms with van der Waals surface area (Å²) >= 11 is 2.90. The van der Waals surface area contributed by atoms with Crippen molar-refractivity contribution >= 4 is 45.9 Å². The van der Waals surface area contributed by atoms with E-state index in [4.69, 9.17) is 4.74 Å². The number of hydrogen-bond acceptors (Lipinski definition) is 7. The second-order valence-electron chi connectivity index (χ2n) is 5.52. The molecule has 2 aromatic carbocycles. The van der Waals surface area contributed by atoms with Gasteiger partial charge in [0.2, 0.25) is 5.13 Å². The number of benzene rings is 2. The highest BCUT2D eigenvalue weighted by Gasteiger charge is 2.11. The van der Waals surface area contributed by atoms with E-state index >= 15 is 0 Å². The lowest BCUT2D eigenvalue weighted by Crippen LogP contribution is -2.14. The molecule has 0 fully saturated rings. The van der Waals surface area contributed by atoms with Crippen LogP contribution in [0.25, 0.3) is 0 Å². The number of hydrogen-bond donors (Lipinski definition) is 2. The van der Waals surface area contributed by atoms with Crippen molar-refractivity contribution in [3.63, 3.8) is 0 Å². The summed E-state index contributed by atoms with van der Waals surface area (Å²) in [6.45, 7) is 2.02. The van der Waals surface area contributed by atoms with Crippen LogP contribution in [-0.2, 0) is 10.5 Å². The maximum atomic E-state index is 12.3. The van der Waals surface area contributed by atoms with Crippen molar-refractivity contribution < 1.29 is 14.3 Å². The zero-order chi connectivity index (χ0) is 19.8. The number of nitrogens with one attached hydrogen (secondary N) is 2. The molecule has 0 unspecified atom stereocenters. The van der Waals surface area contributed by atoms with Gasteiger partial charge >= 0.3 is 6.09 Å². The van der Waals surface area contributed by atoms with Crippen LogP contribution in [0.4, 0.5) is 15.6 Å². The Kier molecular flexibility index (Phi) is 6.99. The largest absolute Gasteiger partial charge is 0.450 e. The lowest BCUT2D eigenvalue weighted by Gasteiger charge is -2.06. The number of carbonyl (C=O) groups excluding carboxylic acids is 2. The van der Waals surface area contributed by atoms with Crippen LogP contribution in [0, 0.1) is 0 Å². The molecule has 0 radical (unpaired) electrons. The number of carbonyl (C=O) groups is 2. The molecular weight excluding hydrogens is 396 g/mol. The van der Waals surface area contributed by atoms with Crippen LogP contribution < -0.4 is 10.6 Å². The Labute approximate surface area is 170 Å². The van der Waals surface area contributed by atoms with Gasteiger partial charge in [0.1, 0.15) is 0 Å². The standard InChI is InChI=1S/C19H18N4O3S2/c1-2-26-18(25)20-15-10-8-14(9-11-15)16(24)21-17-22-23-19(28-17)27-12-13-6-4-3-5-7-13/h3-11H,2,12H2,1H3,(H,20,25)(H,21,22,24). The summed E-state index contributed by atoms with van der Waals surface area (Å²) in [7, 11) is 0. The third-order valence-corrected chi connectivity index (χ3v) is 5.54. The number of thioether (sulfide) groups is 1. The number of aromatic nitrogens is 2. The predicted molar refractivity (Wildman–Crippen MR) is 111 cm³/mol. The van der Waals surface area contributed by atoms with Crippen molar-refractivity contribution in [1.29, 1.82) is 0 Å². The molecule has 0 saturated heterocycles. The van der Waals surface area contributed by atoms with Crippen molar-refractivity contribution in [3.05, 3.63) is 65.7 Å². The molecule has 3 aromatic rings. The summed E-state index contributed by atoms with van der Waals surface area (Å²) < 4.78 is 5.59. The third kappa shape index (κ3) is 5.80. The molecule has 0 atom stereocenters. The molecular formula is C19H18N4O3S2. The van der Waals surface area contributed by atoms with Crippen LogP contribution in [0.1, 0.15) is 22.8 Å². The predicted octanol–water partition coefficient (Wildman–Crippen LogP) is 4.65. The van der Waals surface area contributed by atoms with Crippen molar-refractivity contribution in [3.8, 4) is 0 Å². The summed E-state index contributed by atoms with van der Waals surface area (Å²) in [6.07, 6.45) is -0.533. The van der Waals surface area contributed by atoms with E-state index < -0.39 is 6.09 Å². The molecule has 9 heteroatoms. The Hall–Kier alpha value is -2.91. The van der Waals surface area contributed by atoms with Gasteiger partial charge < -0.3 is 4.74 Å². The lowest BCUT2D eigenvalue weighted by molar-refractivity contribution is 0.102. The van der Waals surface area contributed by atoms with Crippen molar-refractivity contribution in [2.75, 3.05) is 17.2 Å². The van der Waals surface area contributed by atoms with Crippen LogP contribution in [0.5, 0.6) is 0 Å². The van der Waals surface area contributed by atoms with Crippen LogP contribution in [0.2, 0.25) is 0 Å². The monoisotopic (exact) mass is 414 g/mol. The first kappa shape index (κ1) is 19.8. The molecule has 1 aromatic heterocycles. The van der Waals surface area contributed by atoms with Gasteiger partial charge in [0.25, 0.3) is 5.91 Å². The molecule has 144 valence electrons. The average Bonchev–Trinajstić information content (AvgIpc) is 3.15. The highest BCUT2D eigenvalue weighted by molar-refractivity contribution is 8.00. The van der Waals surface area contributed by atoms with Crippen LogP contribution in [0.3, 0.4) is 0 Å². The molecule has 0 bridgehead atoms. The first-order valence-electron chi connectivity index (χ1n) is 8.49. The number of anilines is 2. The van der Waals surface area contributed by atoms with Gasteiger partial charge in [0, 0.05) is 17.0 Å². The van der Waals surface area contributed by atoms with Gasteiger partial charge in [-0.2, -0.15) is 0 Å². The molecule has 0 saturated carbocycles. The van der Waals surface area contributed by atoms with E-state index in [1.807, 2.05) is 18.2 Å². The van der Waals surface area contributed by atoms with Gasteiger partial charge in [0.15, 0.2) is 4.34 Å². The van der Waals surface area contributed by atoms with E-state index in [2.05, 4.69) is 33.0 Å². The number of nitrogens with zero attached hydrogens (tertiary/aromatic N) is 2. The lowest BCUT2D eigenvalue weighted by atomic mass is 10.2. The molecule has 0 aliphatic carbocycles. The van der Waals surface area contributed by atoms with Gasteiger partial charge in [-0.25, -0.2) is 4.79 Å². The first-order chi connectivity index (χ1) is 13.6. The van der Waals surface area contributed by atoms with Crippen LogP contribution in [-0.4, -0.2) is 28.8 Å². The topological polar surface area (TPSA) is 93.2 Å². The molecule has 2 amide bonds. The fraction of sp³-hybridized carbons (Fsp3) is 0.158. The van der Waals surface area contributed by atoms with Crippen molar-refractivity contribution in [2.24, 2.45) is 0 Å². The van der Waals surface area contributed by atoms with Gasteiger partial charge in [-0.1, -0.05) is 53.4 Å². The smallest absolute Gasteiger partial charge is 0.411 e. The number of rotatable bonds is 7. The van der Waals surface area contributed by atoms with E-state index in [0.717, 1.165) is 10.1 Å². The molecule has 0 aliphatic heterocycles. The Morgan fingerprint density at radius 1 is 1.04 bits per heavy atom. The quantitative estimate of drug-likeness (QED) is 0.432. The maximum absolute atomic E-state index is 12.3. The zero-order valence-corrected chi connectivity index (χ0v) is 16.7. The minimum Gasteiger partial charge on any atom is -0.450 e. The van der Waals surface area contributed by atoms with Crippen molar-refractivity contribution in [2.45, 2.75) is 17.0 Å². The van der Waals surface area contributed by atoms with E-state index in [9.17, 15) is 9.59 Å². The van der Waals surface area contributed by atoms with E-state index in [1.165, 1.54) is 16.9 Å². The number of amides is 2. The highest BCUT2D eigenvalue weighted by atomic mass is 32.2. The second kappa shape index (κ2) is 9.86. The maximum Gasteiger partial charge on any atom is 0.411 e. The van der Waals surface area contributed by atoms with Gasteiger partial charge in [-0.05, 0) is 36.8 Å². The molecule has 0 aliphatic rings. The van der Waals surface area contributed by atoms with E-state index in [1.54, 1.807) is 43.0 Å². The van der Waals surface area contributed by atoms with E-state index in [0.29, 0.717) is 23.0 Å². The van der Waals surface area contributed by atoms with Crippen LogP contribution >= 0.6 is 23.1 Å². The van der Waals surface area contributed by atoms with Crippen molar-refractivity contribution in [1.82, 2.24) is 10.2 Å². The first-order valence-corrected chi connectivity index (χ1v) is 10.3. The summed E-state index contributed by atoms with van der Waals surface area (Å²) in [5, 5.41) is 13.9. The molecule has 3 rings (SSSR count). The molecule has 7 nitrogen and oxygen atoms in total. The minimum absolute atomic E-state index is 0.291. The second-order valence-corrected chi connectivity index (χ2v) is 7.72. The Morgan fingerprint density at radius 2 is 1.79 bits per heavy atom. The molecule has 28 heavy (non-hydrogen) atoms. The third-order valence-electron chi connectivity index (χ3n) is 3.50. The number of ether oxygens (including phenoxy) is 1. The summed E-state index contributed by atoms with van der Waals surface area (Å²) in [4.78, 5) is 23.7. The summed E-state index contributed by atoms with van der Waals surface area (Å²) in [5.74, 6) is 0.497. The van der Waals surface area contributed by atoms with Gasteiger partial charge in [-0.3, -0.25) is 15.4 Å². The highest BCUT2D eigenvalue weighted by Crippen LogP contribution is 2.28. The zero-order valence-electron chi connectivity index (χ0n) is 15.0. The Morgan fingerprint density at radius 3 is 2.50 bits per heavy atom. The Bertz CT molecular complexity index is 930. The fourth-order valence-electron chi connectivity index (χ4n) is 2.20. The summed E-state index contributed by atoms with van der Waals surface area (Å²) in [5.41, 5.74) is 2.19. The van der Waals surface area contributed by atoms with Crippen LogP contribution in [0.15, 0.2) is 58.9 Å².